The molecule has 0 aromatic carbocycles. The first-order valence-electron chi connectivity index (χ1n) is 3.48. The molecule has 11 heteroatoms. The van der Waals surface area contributed by atoms with Gasteiger partial charge < -0.3 is 24.6 Å². The zero-order valence-corrected chi connectivity index (χ0v) is 12.1. The van der Waals surface area contributed by atoms with Gasteiger partial charge in [-0.2, -0.15) is 13.2 Å². The van der Waals surface area contributed by atoms with Crippen LogP contribution in [0.4, 0.5) is 13.2 Å². The second-order valence-electron chi connectivity index (χ2n) is 2.49. The molecule has 16 heavy (non-hydrogen) atoms. The summed E-state index contributed by atoms with van der Waals surface area (Å²) < 4.78 is 35.9. The molecule has 6 nitrogen and oxygen atoms in total. The summed E-state index contributed by atoms with van der Waals surface area (Å²) in [6.07, 6.45) is -5.19. The molecular formula is C5H10BF3KNO5. The van der Waals surface area contributed by atoms with Crippen LogP contribution < -0.4 is 56.5 Å². The predicted molar refractivity (Wildman–Crippen MR) is 40.9 cm³/mol. The van der Waals surface area contributed by atoms with Gasteiger partial charge in [0.05, 0.1) is 6.73 Å². The minimum absolute atomic E-state index is 0. The van der Waals surface area contributed by atoms with E-state index in [2.05, 4.69) is 4.65 Å². The molecule has 0 aliphatic rings. The fraction of sp³-hybridized carbons (Fsp3) is 0.800. The van der Waals surface area contributed by atoms with Crippen LogP contribution in [0.3, 0.4) is 0 Å². The molecule has 0 spiro atoms. The van der Waals surface area contributed by atoms with Gasteiger partial charge in [-0.05, 0) is 14.1 Å². The number of hydrogen-bond donors (Lipinski definition) is 2. The van der Waals surface area contributed by atoms with Gasteiger partial charge in [0.1, 0.15) is 5.97 Å². The van der Waals surface area contributed by atoms with Crippen LogP contribution in [0, 0.1) is 0 Å². The Labute approximate surface area is 133 Å². The number of hydrogen-bond acceptors (Lipinski definition) is 6. The molecule has 2 N–H and O–H groups in total. The van der Waals surface area contributed by atoms with E-state index in [4.69, 9.17) is 19.9 Å². The van der Waals surface area contributed by atoms with E-state index < -0.39 is 19.5 Å². The third-order valence-electron chi connectivity index (χ3n) is 0.713. The number of rotatable bonds is 3. The molecule has 0 aliphatic carbocycles. The molecule has 0 heterocycles. The topological polar surface area (TPSA) is 93.1 Å². The van der Waals surface area contributed by atoms with Crippen LogP contribution in [-0.4, -0.2) is 55.2 Å². The molecule has 0 atom stereocenters. The molecule has 90 valence electrons. The minimum atomic E-state index is -5.19. The number of carboxylic acid groups (broad SMARTS) is 1. The average molecular weight is 271 g/mol. The monoisotopic (exact) mass is 271 g/mol. The zero-order chi connectivity index (χ0) is 12.6. The second kappa shape index (κ2) is 10.9. The van der Waals surface area contributed by atoms with E-state index in [0.717, 1.165) is 0 Å². The number of halogens is 3. The first-order chi connectivity index (χ1) is 6.57. The summed E-state index contributed by atoms with van der Waals surface area (Å²) in [5, 5.41) is 25.0. The average Bonchev–Trinajstić information content (AvgIpc) is 2.00. The van der Waals surface area contributed by atoms with Crippen molar-refractivity contribution in [1.29, 1.82) is 0 Å². The van der Waals surface area contributed by atoms with Crippen molar-refractivity contribution in [3.05, 3.63) is 0 Å². The molecule has 0 aliphatic heterocycles. The van der Waals surface area contributed by atoms with Gasteiger partial charge in [-0.1, -0.05) is 0 Å². The van der Waals surface area contributed by atoms with E-state index in [0.29, 0.717) is 0 Å². The SMILES string of the molecule is CN(C)COB(O)O.O=C([O-])C(F)(F)F.[K+]. The van der Waals surface area contributed by atoms with Gasteiger partial charge in [-0.3, -0.25) is 4.90 Å². The predicted octanol–water partition coefficient (Wildman–Crippen LogP) is -5.21. The van der Waals surface area contributed by atoms with Gasteiger partial charge in [0, 0.05) is 0 Å². The molecule has 0 saturated heterocycles. The van der Waals surface area contributed by atoms with Crippen LogP contribution >= 0.6 is 0 Å². The van der Waals surface area contributed by atoms with Gasteiger partial charge in [-0.25, -0.2) is 0 Å². The molecule has 0 saturated carbocycles. The van der Waals surface area contributed by atoms with E-state index >= 15 is 0 Å². The normalized spacial score (nSPS) is 10.0. The van der Waals surface area contributed by atoms with Crippen LogP contribution in [0.5, 0.6) is 0 Å². The molecule has 0 aromatic heterocycles. The van der Waals surface area contributed by atoms with Crippen LogP contribution in [0.15, 0.2) is 0 Å². The Kier molecular flexibility index (Phi) is 15.0. The van der Waals surface area contributed by atoms with Crippen LogP contribution in [-0.2, 0) is 9.45 Å². The van der Waals surface area contributed by atoms with E-state index in [1.165, 1.54) is 0 Å². The summed E-state index contributed by atoms with van der Waals surface area (Å²) in [7, 11) is 1.88. The van der Waals surface area contributed by atoms with Crippen molar-refractivity contribution in [2.75, 3.05) is 20.8 Å². The van der Waals surface area contributed by atoms with E-state index in [1.807, 2.05) is 0 Å². The fourth-order valence-electron chi connectivity index (χ4n) is 0.216. The summed E-state index contributed by atoms with van der Waals surface area (Å²) >= 11 is 0. The van der Waals surface area contributed by atoms with Gasteiger partial charge >= 0.3 is 64.9 Å². The van der Waals surface area contributed by atoms with Crippen molar-refractivity contribution in [1.82, 2.24) is 4.90 Å². The molecule has 0 bridgehead atoms. The zero-order valence-electron chi connectivity index (χ0n) is 8.98. The fourth-order valence-corrected chi connectivity index (χ4v) is 0.216. The van der Waals surface area contributed by atoms with Gasteiger partial charge in [0.25, 0.3) is 0 Å². The maximum absolute atomic E-state index is 10.5. The van der Waals surface area contributed by atoms with Crippen molar-refractivity contribution in [3.63, 3.8) is 0 Å². The number of nitrogens with zero attached hydrogens (tertiary/aromatic N) is 1. The number of carbonyl (C=O) groups is 1. The van der Waals surface area contributed by atoms with Crippen molar-refractivity contribution in [2.45, 2.75) is 6.18 Å². The van der Waals surface area contributed by atoms with Crippen LogP contribution in [0.25, 0.3) is 0 Å². The van der Waals surface area contributed by atoms with Gasteiger partial charge in [0.2, 0.25) is 0 Å². The first-order valence-corrected chi connectivity index (χ1v) is 3.48. The summed E-state index contributed by atoms with van der Waals surface area (Å²) in [5.41, 5.74) is 0. The summed E-state index contributed by atoms with van der Waals surface area (Å²) in [6, 6.07) is 0. The third-order valence-corrected chi connectivity index (χ3v) is 0.713. The van der Waals surface area contributed by atoms with Crippen molar-refractivity contribution < 1.29 is 89.2 Å². The molecule has 0 amide bonds. The largest absolute Gasteiger partial charge is 1.00 e. The Balaban J connectivity index is -0.000000200. The van der Waals surface area contributed by atoms with Crippen molar-refractivity contribution in [3.8, 4) is 0 Å². The van der Waals surface area contributed by atoms with Crippen molar-refractivity contribution >= 4 is 13.3 Å². The number of carbonyl (C=O) groups excluding carboxylic acids is 1. The molecule has 0 rings (SSSR count). The number of alkyl halides is 3. The Morgan fingerprint density at radius 1 is 1.44 bits per heavy atom. The van der Waals surface area contributed by atoms with Gasteiger partial charge in [-0.15, -0.1) is 0 Å². The Morgan fingerprint density at radius 3 is 1.81 bits per heavy atom. The Hall–Kier alpha value is 0.801. The standard InChI is InChI=1S/C3H10BNO3.C2HF3O2.K/c1-5(2)3-8-4(6)7;3-2(4,5)1(6)7;/h6-7H,3H2,1-2H3;(H,6,7);/q;;+1/p-1. The van der Waals surface area contributed by atoms with Gasteiger partial charge in [0.15, 0.2) is 0 Å². The number of aliphatic carboxylic acids is 1. The number of carboxylic acids is 1. The van der Waals surface area contributed by atoms with E-state index in [1.54, 1.807) is 19.0 Å². The summed E-state index contributed by atoms with van der Waals surface area (Å²) in [5.74, 6) is -3.01. The first kappa shape index (κ1) is 22.0. The molecular weight excluding hydrogens is 261 g/mol. The van der Waals surface area contributed by atoms with Crippen LogP contribution in [0.2, 0.25) is 0 Å². The van der Waals surface area contributed by atoms with Crippen molar-refractivity contribution in [2.24, 2.45) is 0 Å². The quantitative estimate of drug-likeness (QED) is 0.394. The molecule has 0 radical (unpaired) electrons. The summed E-state index contributed by atoms with van der Waals surface area (Å²) in [4.78, 5) is 10.5. The smallest absolute Gasteiger partial charge is 0.542 e. The maximum Gasteiger partial charge on any atom is 1.00 e. The van der Waals surface area contributed by atoms with E-state index in [-0.39, 0.29) is 58.1 Å². The minimum Gasteiger partial charge on any atom is -0.542 e. The second-order valence-corrected chi connectivity index (χ2v) is 2.49. The molecule has 0 unspecified atom stereocenters. The van der Waals surface area contributed by atoms with E-state index in [9.17, 15) is 13.2 Å². The third kappa shape index (κ3) is 20.2. The Morgan fingerprint density at radius 2 is 1.75 bits per heavy atom. The van der Waals surface area contributed by atoms with Crippen LogP contribution in [0.1, 0.15) is 0 Å². The molecule has 0 aromatic rings. The Bertz CT molecular complexity index is 183. The maximum atomic E-state index is 10.5. The molecule has 0 fully saturated rings. The summed E-state index contributed by atoms with van der Waals surface area (Å²) in [6.45, 7) is 0.220.